The molecule has 4 N–H and O–H groups in total. The Kier molecular flexibility index (Phi) is 5.99. The van der Waals surface area contributed by atoms with Crippen LogP contribution >= 0.6 is 11.8 Å². The number of anilines is 1. The number of H-pyrrole nitrogens is 1. The summed E-state index contributed by atoms with van der Waals surface area (Å²) in [6.07, 6.45) is 0.949. The number of hydrogen-bond donors (Lipinski definition) is 3. The van der Waals surface area contributed by atoms with Gasteiger partial charge in [0.2, 0.25) is 5.95 Å². The van der Waals surface area contributed by atoms with Crippen LogP contribution < -0.4 is 11.3 Å². The van der Waals surface area contributed by atoms with Crippen LogP contribution in [0.4, 0.5) is 5.95 Å². The van der Waals surface area contributed by atoms with E-state index < -0.39 is 5.56 Å². The van der Waals surface area contributed by atoms with E-state index in [1.54, 1.807) is 11.5 Å². The molecule has 0 aliphatic carbocycles. The lowest BCUT2D eigenvalue weighted by atomic mass is 10.3. The number of nitrogen functional groups attached to an aromatic ring is 1. The minimum atomic E-state index is -0.419. The van der Waals surface area contributed by atoms with Crippen molar-refractivity contribution in [3.05, 3.63) is 10.4 Å². The average molecular weight is 341 g/mol. The van der Waals surface area contributed by atoms with Crippen molar-refractivity contribution in [2.24, 2.45) is 0 Å². The Morgan fingerprint density at radius 3 is 2.96 bits per heavy atom. The molecule has 0 radical (unpaired) electrons. The molecule has 2 aromatic heterocycles. The van der Waals surface area contributed by atoms with Crippen molar-refractivity contribution in [1.29, 1.82) is 0 Å². The Labute approximate surface area is 136 Å². The molecule has 126 valence electrons. The molecule has 0 unspecified atom stereocenters. The van der Waals surface area contributed by atoms with E-state index in [-0.39, 0.29) is 30.6 Å². The zero-order chi connectivity index (χ0) is 16.8. The molecular weight excluding hydrogens is 322 g/mol. The molecule has 0 aromatic carbocycles. The molecule has 0 fully saturated rings. The number of hydrogen-bond acceptors (Lipinski definition) is 8. The van der Waals surface area contributed by atoms with Crippen LogP contribution in [0.2, 0.25) is 0 Å². The maximum absolute atomic E-state index is 11.9. The molecule has 0 amide bonds. The molecule has 10 heteroatoms. The fourth-order valence-corrected chi connectivity index (χ4v) is 2.99. The molecule has 0 spiro atoms. The quantitative estimate of drug-likeness (QED) is 0.350. The summed E-state index contributed by atoms with van der Waals surface area (Å²) < 4.78 is 6.51. The smallest absolute Gasteiger partial charge is 0.305 e. The van der Waals surface area contributed by atoms with E-state index in [2.05, 4.69) is 15.0 Å². The summed E-state index contributed by atoms with van der Waals surface area (Å²) in [7, 11) is 0. The van der Waals surface area contributed by atoms with Crippen LogP contribution in [0.25, 0.3) is 11.2 Å². The van der Waals surface area contributed by atoms with Gasteiger partial charge < -0.3 is 20.1 Å². The summed E-state index contributed by atoms with van der Waals surface area (Å²) in [6, 6.07) is 0. The number of carbonyl (C=O) groups is 1. The Balaban J connectivity index is 2.13. The number of carbonyl (C=O) groups excluding carboxylic acids is 1. The first-order chi connectivity index (χ1) is 11.1. The van der Waals surface area contributed by atoms with Crippen molar-refractivity contribution >= 4 is 34.8 Å². The van der Waals surface area contributed by atoms with Gasteiger partial charge in [-0.3, -0.25) is 14.6 Å². The molecular formula is C13H19N5O4S. The van der Waals surface area contributed by atoms with Gasteiger partial charge in [0.05, 0.1) is 13.2 Å². The number of aliphatic hydroxyl groups excluding tert-OH is 1. The molecule has 2 aromatic rings. The minimum Gasteiger partial charge on any atom is -0.466 e. The highest BCUT2D eigenvalue weighted by atomic mass is 32.2. The number of fused-ring (bicyclic) bond motifs is 1. The van der Waals surface area contributed by atoms with Crippen molar-refractivity contribution in [1.82, 2.24) is 19.5 Å². The lowest BCUT2D eigenvalue weighted by Crippen LogP contribution is -2.12. The number of nitrogens with zero attached hydrogens (tertiary/aromatic N) is 3. The van der Waals surface area contributed by atoms with E-state index in [9.17, 15) is 14.7 Å². The number of nitrogens with two attached hydrogens (primary N) is 1. The van der Waals surface area contributed by atoms with Gasteiger partial charge in [-0.2, -0.15) is 4.98 Å². The zero-order valence-corrected chi connectivity index (χ0v) is 13.6. The third kappa shape index (κ3) is 4.23. The summed E-state index contributed by atoms with van der Waals surface area (Å²) in [6.45, 7) is 2.27. The summed E-state index contributed by atoms with van der Waals surface area (Å²) in [5, 5.41) is 9.76. The molecule has 0 bridgehead atoms. The van der Waals surface area contributed by atoms with Crippen LogP contribution in [-0.4, -0.2) is 49.6 Å². The number of esters is 1. The van der Waals surface area contributed by atoms with Crippen molar-refractivity contribution in [3.63, 3.8) is 0 Å². The lowest BCUT2D eigenvalue weighted by molar-refractivity contribution is -0.143. The van der Waals surface area contributed by atoms with E-state index in [1.807, 2.05) is 0 Å². The second kappa shape index (κ2) is 7.97. The number of aliphatic hydroxyl groups is 1. The monoisotopic (exact) mass is 341 g/mol. The molecule has 9 nitrogen and oxygen atoms in total. The van der Waals surface area contributed by atoms with Crippen LogP contribution in [0, 0.1) is 0 Å². The van der Waals surface area contributed by atoms with E-state index in [0.717, 1.165) is 0 Å². The first kappa shape index (κ1) is 17.3. The van der Waals surface area contributed by atoms with Crippen LogP contribution in [0.1, 0.15) is 19.8 Å². The highest BCUT2D eigenvalue weighted by molar-refractivity contribution is 7.99. The molecule has 23 heavy (non-hydrogen) atoms. The molecule has 2 heterocycles. The van der Waals surface area contributed by atoms with Gasteiger partial charge in [0.25, 0.3) is 5.56 Å². The summed E-state index contributed by atoms with van der Waals surface area (Å²) in [5.41, 5.74) is 5.66. The molecule has 2 rings (SSSR count). The molecule has 0 saturated carbocycles. The topological polar surface area (TPSA) is 136 Å². The minimum absolute atomic E-state index is 0.000417. The fraction of sp³-hybridized carbons (Fsp3) is 0.538. The number of rotatable bonds is 8. The Morgan fingerprint density at radius 1 is 1.48 bits per heavy atom. The maximum Gasteiger partial charge on any atom is 0.305 e. The van der Waals surface area contributed by atoms with Gasteiger partial charge in [0.1, 0.15) is 0 Å². The highest BCUT2D eigenvalue weighted by Gasteiger charge is 2.15. The van der Waals surface area contributed by atoms with E-state index >= 15 is 0 Å². The van der Waals surface area contributed by atoms with Gasteiger partial charge in [-0.05, 0) is 13.3 Å². The standard InChI is InChI=1S/C13H19N5O4S/c1-2-22-8(20)4-3-7-23-13-15-9-10(18(13)5-6-19)16-12(14)17-11(9)21/h19H,2-7H2,1H3,(H3,14,16,17,21). The van der Waals surface area contributed by atoms with E-state index in [4.69, 9.17) is 10.5 Å². The summed E-state index contributed by atoms with van der Waals surface area (Å²) in [5.74, 6) is 0.393. The van der Waals surface area contributed by atoms with E-state index in [1.165, 1.54) is 11.8 Å². The number of nitrogens with one attached hydrogen (secondary N) is 1. The summed E-state index contributed by atoms with van der Waals surface area (Å²) >= 11 is 1.39. The second-order valence-corrected chi connectivity index (χ2v) is 5.71. The first-order valence-electron chi connectivity index (χ1n) is 7.22. The van der Waals surface area contributed by atoms with Crippen LogP contribution in [-0.2, 0) is 16.1 Å². The van der Waals surface area contributed by atoms with Crippen LogP contribution in [0.5, 0.6) is 0 Å². The number of ether oxygens (including phenoxy) is 1. The van der Waals surface area contributed by atoms with Gasteiger partial charge in [0, 0.05) is 18.7 Å². The predicted octanol–water partition coefficient (Wildman–Crippen LogP) is 0.129. The number of aromatic amines is 1. The molecule has 0 aliphatic heterocycles. The molecule has 0 atom stereocenters. The number of aromatic nitrogens is 4. The number of imidazole rings is 1. The Morgan fingerprint density at radius 2 is 2.26 bits per heavy atom. The Hall–Kier alpha value is -2.07. The van der Waals surface area contributed by atoms with Crippen LogP contribution in [0.15, 0.2) is 9.95 Å². The SMILES string of the molecule is CCOC(=O)CCCSc1nc2c(=O)[nH]c(N)nc2n1CCO. The van der Waals surface area contributed by atoms with Crippen molar-refractivity contribution < 1.29 is 14.6 Å². The van der Waals surface area contributed by atoms with E-state index in [0.29, 0.717) is 36.0 Å². The van der Waals surface area contributed by atoms with Gasteiger partial charge >= 0.3 is 5.97 Å². The second-order valence-electron chi connectivity index (χ2n) is 4.65. The first-order valence-corrected chi connectivity index (χ1v) is 8.20. The van der Waals surface area contributed by atoms with Gasteiger partial charge in [-0.15, -0.1) is 0 Å². The fourth-order valence-electron chi connectivity index (χ4n) is 2.03. The largest absolute Gasteiger partial charge is 0.466 e. The van der Waals surface area contributed by atoms with Crippen LogP contribution in [0.3, 0.4) is 0 Å². The average Bonchev–Trinajstić information content (AvgIpc) is 2.83. The lowest BCUT2D eigenvalue weighted by Gasteiger charge is -2.06. The van der Waals surface area contributed by atoms with Gasteiger partial charge in [-0.25, -0.2) is 4.98 Å². The van der Waals surface area contributed by atoms with Crippen molar-refractivity contribution in [3.8, 4) is 0 Å². The van der Waals surface area contributed by atoms with Gasteiger partial charge in [0.15, 0.2) is 16.3 Å². The number of thioether (sulfide) groups is 1. The third-order valence-corrected chi connectivity index (χ3v) is 4.04. The van der Waals surface area contributed by atoms with Crippen molar-refractivity contribution in [2.45, 2.75) is 31.5 Å². The van der Waals surface area contributed by atoms with Gasteiger partial charge in [-0.1, -0.05) is 11.8 Å². The predicted molar refractivity (Wildman–Crippen MR) is 86.2 cm³/mol. The highest BCUT2D eigenvalue weighted by Crippen LogP contribution is 2.22. The molecule has 0 aliphatic rings. The third-order valence-electron chi connectivity index (χ3n) is 2.97. The maximum atomic E-state index is 11.9. The Bertz CT molecular complexity index is 742. The normalized spacial score (nSPS) is 11.0. The zero-order valence-electron chi connectivity index (χ0n) is 12.7. The van der Waals surface area contributed by atoms with Crippen molar-refractivity contribution in [2.75, 3.05) is 24.7 Å². The summed E-state index contributed by atoms with van der Waals surface area (Å²) in [4.78, 5) is 33.9. The molecule has 0 saturated heterocycles.